The number of likely N-dealkylation sites (N-methyl/N-ethyl adjacent to an activating group) is 1. The average molecular weight is 449 g/mol. The highest BCUT2D eigenvalue weighted by molar-refractivity contribution is 7.85. The van der Waals surface area contributed by atoms with Crippen molar-refractivity contribution in [2.24, 2.45) is 0 Å². The Balaban J connectivity index is 0.000000491. The number of nitro benzene ring substituents is 1. The first-order chi connectivity index (χ1) is 14.5. The van der Waals surface area contributed by atoms with Gasteiger partial charge in [-0.15, -0.1) is 0 Å². The number of nitro groups is 1. The van der Waals surface area contributed by atoms with Crippen LogP contribution >= 0.6 is 0 Å². The first-order valence-electron chi connectivity index (χ1n) is 9.20. The summed E-state index contributed by atoms with van der Waals surface area (Å²) in [6, 6.07) is 8.90. The summed E-state index contributed by atoms with van der Waals surface area (Å²) in [6.45, 7) is 1.51. The van der Waals surface area contributed by atoms with Gasteiger partial charge in [0.2, 0.25) is 0 Å². The Morgan fingerprint density at radius 2 is 1.97 bits per heavy atom. The number of nitrogens with one attached hydrogen (secondary N) is 1. The number of fused-ring (bicyclic) bond motifs is 2. The van der Waals surface area contributed by atoms with Crippen LogP contribution in [0.2, 0.25) is 0 Å². The van der Waals surface area contributed by atoms with Gasteiger partial charge in [0.05, 0.1) is 35.7 Å². The molecule has 0 fully saturated rings. The van der Waals surface area contributed by atoms with Crippen LogP contribution in [-0.4, -0.2) is 66.6 Å². The Kier molecular flexibility index (Phi) is 6.15. The molecule has 0 spiro atoms. The maximum absolute atomic E-state index is 11.5. The molecule has 0 bridgehead atoms. The summed E-state index contributed by atoms with van der Waals surface area (Å²) in [5, 5.41) is 20.3. The molecular weight excluding hydrogens is 426 g/mol. The number of benzene rings is 2. The molecule has 1 aliphatic heterocycles. The highest BCUT2D eigenvalue weighted by Gasteiger charge is 2.29. The molecule has 0 amide bonds. The van der Waals surface area contributed by atoms with E-state index in [1.165, 1.54) is 6.07 Å². The number of hydrogen-bond acceptors (Lipinski definition) is 8. The number of rotatable bonds is 5. The van der Waals surface area contributed by atoms with E-state index >= 15 is 0 Å². The second-order valence-electron chi connectivity index (χ2n) is 7.26. The quantitative estimate of drug-likeness (QED) is 0.267. The normalized spacial score (nSPS) is 12.1. The van der Waals surface area contributed by atoms with Gasteiger partial charge in [0.1, 0.15) is 17.1 Å². The van der Waals surface area contributed by atoms with Gasteiger partial charge >= 0.3 is 0 Å². The van der Waals surface area contributed by atoms with Gasteiger partial charge in [-0.25, -0.2) is 0 Å². The summed E-state index contributed by atoms with van der Waals surface area (Å²) < 4.78 is 33.1. The minimum atomic E-state index is -3.67. The Hall–Kier alpha value is -3.22. The van der Waals surface area contributed by atoms with Crippen LogP contribution in [0.25, 0.3) is 22.2 Å². The summed E-state index contributed by atoms with van der Waals surface area (Å²) in [4.78, 5) is 13.2. The smallest absolute Gasteiger partial charge is 0.293 e. The largest absolute Gasteiger partial charge is 0.497 e. The van der Waals surface area contributed by atoms with Gasteiger partial charge in [0.15, 0.2) is 0 Å². The van der Waals surface area contributed by atoms with Gasteiger partial charge in [-0.1, -0.05) is 0 Å². The highest BCUT2D eigenvalue weighted by Crippen LogP contribution is 2.47. The van der Waals surface area contributed by atoms with Gasteiger partial charge < -0.3 is 15.0 Å². The van der Waals surface area contributed by atoms with Crippen molar-refractivity contribution in [2.45, 2.75) is 6.54 Å². The number of hydrogen-bond donors (Lipinski definition) is 2. The minimum Gasteiger partial charge on any atom is -0.497 e. The lowest BCUT2D eigenvalue weighted by Gasteiger charge is -2.18. The van der Waals surface area contributed by atoms with Crippen molar-refractivity contribution in [3.8, 4) is 17.0 Å². The van der Waals surface area contributed by atoms with E-state index in [0.29, 0.717) is 18.5 Å². The highest BCUT2D eigenvalue weighted by atomic mass is 32.2. The van der Waals surface area contributed by atoms with E-state index in [2.05, 4.69) is 10.2 Å². The second-order valence-corrected chi connectivity index (χ2v) is 8.72. The molecular formula is C19H23N5O6S. The molecule has 3 aromatic rings. The SMILES string of the molecule is COc1ccc2c(c1)-c1nn(CCN(C)C)c3ccc([N+](=O)[O-])c(c13)N2.CS(=O)(=O)O. The van der Waals surface area contributed by atoms with Crippen molar-refractivity contribution in [1.29, 1.82) is 0 Å². The molecule has 1 aliphatic rings. The molecule has 166 valence electrons. The van der Waals surface area contributed by atoms with Crippen molar-refractivity contribution in [2.75, 3.05) is 39.3 Å². The molecule has 31 heavy (non-hydrogen) atoms. The predicted molar refractivity (Wildman–Crippen MR) is 118 cm³/mol. The summed E-state index contributed by atoms with van der Waals surface area (Å²) in [5.41, 5.74) is 3.83. The lowest BCUT2D eigenvalue weighted by molar-refractivity contribution is -0.383. The molecule has 0 radical (unpaired) electrons. The lowest BCUT2D eigenvalue weighted by atomic mass is 9.99. The lowest BCUT2D eigenvalue weighted by Crippen LogP contribution is -2.18. The predicted octanol–water partition coefficient (Wildman–Crippen LogP) is 2.74. The maximum atomic E-state index is 11.5. The molecule has 11 nitrogen and oxygen atoms in total. The molecule has 0 atom stereocenters. The Labute approximate surface area is 179 Å². The zero-order valence-electron chi connectivity index (χ0n) is 17.5. The van der Waals surface area contributed by atoms with Crippen molar-refractivity contribution >= 4 is 38.1 Å². The Morgan fingerprint density at radius 1 is 1.29 bits per heavy atom. The van der Waals surface area contributed by atoms with Gasteiger partial charge in [-0.3, -0.25) is 19.3 Å². The minimum absolute atomic E-state index is 0.0485. The van der Waals surface area contributed by atoms with Gasteiger partial charge in [0.25, 0.3) is 15.8 Å². The van der Waals surface area contributed by atoms with Crippen molar-refractivity contribution in [1.82, 2.24) is 14.7 Å². The fraction of sp³-hybridized carbons (Fsp3) is 0.316. The van der Waals surface area contributed by atoms with Gasteiger partial charge in [-0.2, -0.15) is 13.5 Å². The zero-order valence-corrected chi connectivity index (χ0v) is 18.3. The zero-order chi connectivity index (χ0) is 22.9. The van der Waals surface area contributed by atoms with Gasteiger partial charge in [0, 0.05) is 23.9 Å². The number of methoxy groups -OCH3 is 1. The molecule has 1 aromatic heterocycles. The van der Waals surface area contributed by atoms with Crippen LogP contribution in [0.3, 0.4) is 0 Å². The fourth-order valence-corrected chi connectivity index (χ4v) is 3.28. The van der Waals surface area contributed by atoms with E-state index in [1.54, 1.807) is 13.2 Å². The van der Waals surface area contributed by atoms with E-state index in [4.69, 9.17) is 14.4 Å². The van der Waals surface area contributed by atoms with E-state index in [9.17, 15) is 18.5 Å². The van der Waals surface area contributed by atoms with Crippen molar-refractivity contribution < 1.29 is 22.6 Å². The number of ether oxygens (including phenoxy) is 1. The molecule has 0 saturated carbocycles. The Bertz CT molecular complexity index is 1240. The molecule has 12 heteroatoms. The standard InChI is InChI=1S/C18H19N5O3.CH4O3S/c1-21(2)8-9-22-14-6-7-15(23(24)25)18-16(14)17(20-22)12-10-11(26-3)4-5-13(12)19-18;1-5(2,3)4/h4-7,10,19H,8-9H2,1-3H3;1H3,(H,2,3,4). The third-order valence-corrected chi connectivity index (χ3v) is 4.59. The number of anilines is 2. The average Bonchev–Trinajstić information content (AvgIpc) is 3.05. The van der Waals surface area contributed by atoms with Crippen LogP contribution in [0.15, 0.2) is 30.3 Å². The van der Waals surface area contributed by atoms with Crippen LogP contribution in [0.1, 0.15) is 0 Å². The van der Waals surface area contributed by atoms with Crippen LogP contribution in [0.4, 0.5) is 17.1 Å². The van der Waals surface area contributed by atoms with E-state index < -0.39 is 10.1 Å². The molecule has 2 aromatic carbocycles. The van der Waals surface area contributed by atoms with Crippen molar-refractivity contribution in [3.05, 3.63) is 40.4 Å². The molecule has 0 unspecified atom stereocenters. The summed E-state index contributed by atoms with van der Waals surface area (Å²) in [6.07, 6.45) is 0.715. The van der Waals surface area contributed by atoms with Gasteiger partial charge in [-0.05, 0) is 38.4 Å². The van der Waals surface area contributed by atoms with E-state index in [1.807, 2.05) is 37.0 Å². The topological polar surface area (TPSA) is 140 Å². The first kappa shape index (κ1) is 22.5. The molecule has 2 N–H and O–H groups in total. The summed E-state index contributed by atoms with van der Waals surface area (Å²) in [5.74, 6) is 0.718. The monoisotopic (exact) mass is 449 g/mol. The summed E-state index contributed by atoms with van der Waals surface area (Å²) >= 11 is 0. The molecule has 0 aliphatic carbocycles. The Morgan fingerprint density at radius 3 is 2.55 bits per heavy atom. The number of aromatic nitrogens is 2. The second kappa shape index (κ2) is 8.49. The molecule has 4 rings (SSSR count). The van der Waals surface area contributed by atoms with E-state index in [-0.39, 0.29) is 10.6 Å². The first-order valence-corrected chi connectivity index (χ1v) is 11.0. The van der Waals surface area contributed by atoms with E-state index in [0.717, 1.165) is 40.1 Å². The third-order valence-electron chi connectivity index (χ3n) is 4.59. The maximum Gasteiger partial charge on any atom is 0.293 e. The van der Waals surface area contributed by atoms with Crippen LogP contribution in [0.5, 0.6) is 5.75 Å². The third kappa shape index (κ3) is 4.93. The molecule has 0 saturated heterocycles. The van der Waals surface area contributed by atoms with Crippen molar-refractivity contribution in [3.63, 3.8) is 0 Å². The van der Waals surface area contributed by atoms with Crippen LogP contribution in [-0.2, 0) is 16.7 Å². The van der Waals surface area contributed by atoms with Crippen LogP contribution in [0, 0.1) is 10.1 Å². The molecule has 2 heterocycles. The number of nitrogens with zero attached hydrogens (tertiary/aromatic N) is 4. The summed E-state index contributed by atoms with van der Waals surface area (Å²) in [7, 11) is 1.95. The van der Waals surface area contributed by atoms with Crippen LogP contribution < -0.4 is 10.1 Å². The fourth-order valence-electron chi connectivity index (χ4n) is 3.28.